The van der Waals surface area contributed by atoms with Crippen molar-refractivity contribution < 1.29 is 33.7 Å². The maximum Gasteiger partial charge on any atom is 0.329 e. The maximum absolute atomic E-state index is 13.6. The Hall–Kier alpha value is -1.51. The van der Waals surface area contributed by atoms with Crippen molar-refractivity contribution in [2.75, 3.05) is 13.7 Å². The highest BCUT2D eigenvalue weighted by atomic mass is 16.6. The zero-order chi connectivity index (χ0) is 29.8. The van der Waals surface area contributed by atoms with Crippen LogP contribution >= 0.6 is 0 Å². The van der Waals surface area contributed by atoms with Gasteiger partial charge < -0.3 is 24.2 Å². The van der Waals surface area contributed by atoms with Gasteiger partial charge in [0.15, 0.2) is 0 Å². The summed E-state index contributed by atoms with van der Waals surface area (Å²) in [5, 5.41) is 11.3. The van der Waals surface area contributed by atoms with Gasteiger partial charge in [-0.3, -0.25) is 9.59 Å². The van der Waals surface area contributed by atoms with Crippen molar-refractivity contribution in [2.24, 2.45) is 35.5 Å². The zero-order valence-electron chi connectivity index (χ0n) is 26.2. The smallest absolute Gasteiger partial charge is 0.329 e. The first-order chi connectivity index (χ1) is 18.8. The summed E-state index contributed by atoms with van der Waals surface area (Å²) in [5.41, 5.74) is 0. The summed E-state index contributed by atoms with van der Waals surface area (Å²) >= 11 is 0. The first-order valence-electron chi connectivity index (χ1n) is 15.8. The van der Waals surface area contributed by atoms with Gasteiger partial charge in [-0.25, -0.2) is 4.79 Å². The third-order valence-electron chi connectivity index (χ3n) is 9.89. The van der Waals surface area contributed by atoms with Gasteiger partial charge in [-0.05, 0) is 87.4 Å². The predicted octanol–water partition coefficient (Wildman–Crippen LogP) is 5.14. The van der Waals surface area contributed by atoms with Crippen LogP contribution in [-0.4, -0.2) is 71.5 Å². The summed E-state index contributed by atoms with van der Waals surface area (Å²) in [6.45, 7) is 14.5. The van der Waals surface area contributed by atoms with Gasteiger partial charge in [0.2, 0.25) is 5.79 Å². The Morgan fingerprint density at radius 3 is 2.33 bits per heavy atom. The van der Waals surface area contributed by atoms with Crippen LogP contribution in [0.1, 0.15) is 106 Å². The van der Waals surface area contributed by atoms with Gasteiger partial charge in [0.05, 0.1) is 12.2 Å². The van der Waals surface area contributed by atoms with Gasteiger partial charge in [-0.1, -0.05) is 48.5 Å². The van der Waals surface area contributed by atoms with Gasteiger partial charge in [0, 0.05) is 19.6 Å². The molecule has 9 atom stereocenters. The summed E-state index contributed by atoms with van der Waals surface area (Å²) in [6, 6.07) is -0.838. The normalized spacial score (nSPS) is 34.9. The SMILES string of the molecule is COC1CC(CC(C)C(OC(=O)C2CCCCN2C(=O)C(=O)C2(O)OC(C(C)C)CCC2C)C(C)C)CCC1C. The highest BCUT2D eigenvalue weighted by Gasteiger charge is 2.53. The van der Waals surface area contributed by atoms with Crippen molar-refractivity contribution in [3.05, 3.63) is 0 Å². The van der Waals surface area contributed by atoms with Crippen molar-refractivity contribution in [1.29, 1.82) is 0 Å². The highest BCUT2D eigenvalue weighted by Crippen LogP contribution is 2.38. The van der Waals surface area contributed by atoms with E-state index in [0.717, 1.165) is 38.5 Å². The van der Waals surface area contributed by atoms with Crippen molar-refractivity contribution >= 4 is 17.7 Å². The van der Waals surface area contributed by atoms with Crippen LogP contribution in [0, 0.1) is 35.5 Å². The first-order valence-corrected chi connectivity index (χ1v) is 15.8. The molecule has 40 heavy (non-hydrogen) atoms. The number of hydrogen-bond donors (Lipinski definition) is 1. The number of ether oxygens (including phenoxy) is 3. The summed E-state index contributed by atoms with van der Waals surface area (Å²) in [4.78, 5) is 42.0. The number of rotatable bonds is 10. The number of amides is 1. The average molecular weight is 566 g/mol. The van der Waals surface area contributed by atoms with Crippen LogP contribution < -0.4 is 0 Å². The van der Waals surface area contributed by atoms with E-state index in [1.54, 1.807) is 14.0 Å². The lowest BCUT2D eigenvalue weighted by atomic mass is 9.75. The fourth-order valence-corrected chi connectivity index (χ4v) is 7.15. The monoisotopic (exact) mass is 565 g/mol. The Morgan fingerprint density at radius 1 is 1.00 bits per heavy atom. The largest absolute Gasteiger partial charge is 0.460 e. The van der Waals surface area contributed by atoms with E-state index in [0.29, 0.717) is 31.1 Å². The maximum atomic E-state index is 13.6. The molecule has 2 saturated heterocycles. The number of methoxy groups -OCH3 is 1. The molecule has 1 saturated carbocycles. The molecule has 0 bridgehead atoms. The number of piperidine rings is 1. The number of likely N-dealkylation sites (tertiary alicyclic amines) is 1. The minimum Gasteiger partial charge on any atom is -0.460 e. The lowest BCUT2D eigenvalue weighted by molar-refractivity contribution is -0.269. The van der Waals surface area contributed by atoms with Crippen molar-refractivity contribution in [3.63, 3.8) is 0 Å². The molecular weight excluding hydrogens is 510 g/mol. The Morgan fingerprint density at radius 2 is 1.70 bits per heavy atom. The number of carbonyl (C=O) groups excluding carboxylic acids is 3. The predicted molar refractivity (Wildman–Crippen MR) is 153 cm³/mol. The van der Waals surface area contributed by atoms with Crippen molar-refractivity contribution in [2.45, 2.75) is 136 Å². The third kappa shape index (κ3) is 7.46. The van der Waals surface area contributed by atoms with E-state index >= 15 is 0 Å². The Kier molecular flexibility index (Phi) is 11.6. The molecule has 2 heterocycles. The van der Waals surface area contributed by atoms with Crippen molar-refractivity contribution in [1.82, 2.24) is 4.90 Å². The second-order valence-electron chi connectivity index (χ2n) is 13.7. The minimum absolute atomic E-state index is 0.104. The lowest BCUT2D eigenvalue weighted by Crippen LogP contribution is -2.61. The summed E-state index contributed by atoms with van der Waals surface area (Å²) in [7, 11) is 1.79. The summed E-state index contributed by atoms with van der Waals surface area (Å²) < 4.78 is 17.8. The van der Waals surface area contributed by atoms with Crippen molar-refractivity contribution in [3.8, 4) is 0 Å². The molecule has 0 aromatic heterocycles. The first kappa shape index (κ1) is 33.0. The van der Waals surface area contributed by atoms with Crippen LogP contribution in [0.3, 0.4) is 0 Å². The Bertz CT molecular complexity index is 875. The number of carbonyl (C=O) groups is 3. The second-order valence-corrected chi connectivity index (χ2v) is 13.7. The molecule has 0 radical (unpaired) electrons. The van der Waals surface area contributed by atoms with Crippen LogP contribution in [0.2, 0.25) is 0 Å². The van der Waals surface area contributed by atoms with E-state index < -0.39 is 35.4 Å². The lowest BCUT2D eigenvalue weighted by Gasteiger charge is -2.43. The van der Waals surface area contributed by atoms with E-state index in [9.17, 15) is 19.5 Å². The molecule has 3 aliphatic rings. The molecule has 3 rings (SSSR count). The summed E-state index contributed by atoms with van der Waals surface area (Å²) in [5.74, 6) is -3.52. The Labute approximate surface area is 241 Å². The molecule has 230 valence electrons. The second kappa shape index (κ2) is 14.1. The zero-order valence-corrected chi connectivity index (χ0v) is 26.2. The molecule has 1 amide bonds. The number of nitrogens with zero attached hydrogens (tertiary/aromatic N) is 1. The van der Waals surface area contributed by atoms with Crippen LogP contribution in [-0.2, 0) is 28.6 Å². The van der Waals surface area contributed by atoms with Crippen LogP contribution in [0.5, 0.6) is 0 Å². The molecule has 0 aromatic carbocycles. The van der Waals surface area contributed by atoms with Crippen LogP contribution in [0.25, 0.3) is 0 Å². The minimum atomic E-state index is -2.18. The van der Waals surface area contributed by atoms with Gasteiger partial charge in [-0.2, -0.15) is 0 Å². The van der Waals surface area contributed by atoms with Crippen LogP contribution in [0.15, 0.2) is 0 Å². The molecule has 9 unspecified atom stereocenters. The number of aliphatic hydroxyl groups is 1. The average Bonchev–Trinajstić information content (AvgIpc) is 2.92. The molecule has 8 heteroatoms. The number of esters is 1. The topological polar surface area (TPSA) is 102 Å². The molecule has 0 spiro atoms. The van der Waals surface area contributed by atoms with Crippen LogP contribution in [0.4, 0.5) is 0 Å². The molecule has 0 aromatic rings. The molecule has 3 fully saturated rings. The fraction of sp³-hybridized carbons (Fsp3) is 0.906. The molecule has 2 aliphatic heterocycles. The Balaban J connectivity index is 1.70. The van der Waals surface area contributed by atoms with E-state index in [2.05, 4.69) is 27.7 Å². The quantitative estimate of drug-likeness (QED) is 0.289. The summed E-state index contributed by atoms with van der Waals surface area (Å²) in [6.07, 6.45) is 7.15. The van der Waals surface area contributed by atoms with E-state index in [1.807, 2.05) is 13.8 Å². The van der Waals surface area contributed by atoms with E-state index in [4.69, 9.17) is 14.2 Å². The highest BCUT2D eigenvalue weighted by molar-refractivity contribution is 6.39. The molecule has 1 N–H and O–H groups in total. The molecular formula is C32H55NO7. The molecule has 8 nitrogen and oxygen atoms in total. The number of ketones is 1. The van der Waals surface area contributed by atoms with Gasteiger partial charge in [0.1, 0.15) is 12.1 Å². The third-order valence-corrected chi connectivity index (χ3v) is 9.89. The fourth-order valence-electron chi connectivity index (χ4n) is 7.15. The standard InChI is InChI=1S/C32H55NO7/c1-19(2)26-15-13-23(7)32(37,40-26)29(34)30(35)33-16-10-9-11-25(33)31(36)39-28(20(3)4)22(6)17-24-14-12-21(5)27(18-24)38-8/h19-28,37H,9-18H2,1-8H3. The van der Waals surface area contributed by atoms with Gasteiger partial charge in [0.25, 0.3) is 11.7 Å². The number of Topliss-reactive ketones (excluding diaryl/α,β-unsaturated/α-hetero) is 1. The van der Waals surface area contributed by atoms with E-state index in [-0.39, 0.29) is 42.6 Å². The molecule has 1 aliphatic carbocycles. The van der Waals surface area contributed by atoms with Gasteiger partial charge in [-0.15, -0.1) is 0 Å². The number of hydrogen-bond acceptors (Lipinski definition) is 7. The van der Waals surface area contributed by atoms with Gasteiger partial charge >= 0.3 is 5.97 Å². The van der Waals surface area contributed by atoms with E-state index in [1.165, 1.54) is 4.90 Å².